The van der Waals surface area contributed by atoms with Gasteiger partial charge in [0.15, 0.2) is 0 Å². The van der Waals surface area contributed by atoms with E-state index in [0.717, 1.165) is 27.9 Å². The second kappa shape index (κ2) is 4.15. The Bertz CT molecular complexity index is 703. The zero-order valence-corrected chi connectivity index (χ0v) is 10.1. The molecule has 0 bridgehead atoms. The van der Waals surface area contributed by atoms with Crippen LogP contribution >= 0.6 is 0 Å². The molecule has 88 valence electrons. The molecule has 1 N–H and O–H groups in total. The average Bonchev–Trinajstić information content (AvgIpc) is 2.41. The number of hydrogen-bond acceptors (Lipinski definition) is 1. The molecule has 2 nitrogen and oxygen atoms in total. The molecule has 3 rings (SSSR count). The summed E-state index contributed by atoms with van der Waals surface area (Å²) in [6, 6.07) is 17.4. The normalized spacial score (nSPS) is 10.7. The van der Waals surface area contributed by atoms with Crippen LogP contribution in [0.4, 0.5) is 0 Å². The molecule has 0 radical (unpaired) electrons. The fourth-order valence-corrected chi connectivity index (χ4v) is 1.98. The second-order valence-electron chi connectivity index (χ2n) is 4.34. The Hall–Kier alpha value is -2.35. The highest BCUT2D eigenvalue weighted by Crippen LogP contribution is 2.28. The number of benzene rings is 2. The number of aryl methyl sites for hydroxylation is 1. The SMILES string of the molecule is Cc1cc2[o+]c(-c3ccccc3)ccc2cc1O. The van der Waals surface area contributed by atoms with Crippen molar-refractivity contribution in [3.05, 3.63) is 60.2 Å². The predicted octanol–water partition coefficient (Wildman–Crippen LogP) is 4.39. The Morgan fingerprint density at radius 2 is 1.72 bits per heavy atom. The molecule has 2 aromatic carbocycles. The summed E-state index contributed by atoms with van der Waals surface area (Å²) in [4.78, 5) is 0. The molecule has 0 amide bonds. The molecule has 2 heteroatoms. The van der Waals surface area contributed by atoms with Gasteiger partial charge in [0.2, 0.25) is 0 Å². The van der Waals surface area contributed by atoms with Gasteiger partial charge in [-0.15, -0.1) is 0 Å². The van der Waals surface area contributed by atoms with Crippen LogP contribution in [0.3, 0.4) is 0 Å². The summed E-state index contributed by atoms with van der Waals surface area (Å²) in [7, 11) is 0. The van der Waals surface area contributed by atoms with Crippen LogP contribution in [-0.4, -0.2) is 5.11 Å². The van der Waals surface area contributed by atoms with Crippen LogP contribution in [0, 0.1) is 6.92 Å². The van der Waals surface area contributed by atoms with Gasteiger partial charge in [-0.3, -0.25) is 0 Å². The van der Waals surface area contributed by atoms with Crippen molar-refractivity contribution in [2.24, 2.45) is 0 Å². The standard InChI is InChI=1S/C16H12O2/c1-11-9-16-13(10-14(11)17)7-8-15(18-16)12-5-3-2-4-6-12/h2-10H,1H3/p+1. The van der Waals surface area contributed by atoms with Crippen LogP contribution in [0.25, 0.3) is 22.3 Å². The monoisotopic (exact) mass is 237 g/mol. The summed E-state index contributed by atoms with van der Waals surface area (Å²) in [6.07, 6.45) is 0. The van der Waals surface area contributed by atoms with Crippen LogP contribution in [0.2, 0.25) is 0 Å². The first-order valence-corrected chi connectivity index (χ1v) is 5.86. The molecule has 3 aromatic rings. The molecule has 1 heterocycles. The van der Waals surface area contributed by atoms with E-state index in [4.69, 9.17) is 4.42 Å². The van der Waals surface area contributed by atoms with Crippen LogP contribution in [0.15, 0.2) is 59.0 Å². The largest absolute Gasteiger partial charge is 0.508 e. The molecule has 0 unspecified atom stereocenters. The van der Waals surface area contributed by atoms with Crippen molar-refractivity contribution in [3.8, 4) is 17.1 Å². The number of aromatic hydroxyl groups is 1. The van der Waals surface area contributed by atoms with Gasteiger partial charge in [-0.1, -0.05) is 18.2 Å². The Morgan fingerprint density at radius 1 is 0.944 bits per heavy atom. The second-order valence-corrected chi connectivity index (χ2v) is 4.34. The lowest BCUT2D eigenvalue weighted by molar-refractivity contribution is 0.471. The Kier molecular flexibility index (Phi) is 2.49. The van der Waals surface area contributed by atoms with Gasteiger partial charge in [0.1, 0.15) is 5.75 Å². The first kappa shape index (κ1) is 10.8. The maximum atomic E-state index is 9.66. The lowest BCUT2D eigenvalue weighted by atomic mass is 10.1. The molecule has 0 spiro atoms. The minimum absolute atomic E-state index is 0.296. The van der Waals surface area contributed by atoms with Crippen LogP contribution < -0.4 is 0 Å². The number of phenols is 1. The van der Waals surface area contributed by atoms with Crippen molar-refractivity contribution >= 4 is 11.0 Å². The van der Waals surface area contributed by atoms with Crippen LogP contribution in [-0.2, 0) is 0 Å². The van der Waals surface area contributed by atoms with Gasteiger partial charge in [-0.2, -0.15) is 0 Å². The molecular weight excluding hydrogens is 224 g/mol. The molecule has 0 atom stereocenters. The van der Waals surface area contributed by atoms with Crippen molar-refractivity contribution in [2.45, 2.75) is 6.92 Å². The molecule has 1 aromatic heterocycles. The third kappa shape index (κ3) is 1.82. The molecular formula is C16H13O2+. The maximum absolute atomic E-state index is 9.66. The summed E-state index contributed by atoms with van der Waals surface area (Å²) < 4.78 is 5.87. The van der Waals surface area contributed by atoms with Crippen LogP contribution in [0.1, 0.15) is 5.56 Å². The minimum Gasteiger partial charge on any atom is -0.508 e. The zero-order chi connectivity index (χ0) is 12.5. The zero-order valence-electron chi connectivity index (χ0n) is 10.1. The molecule has 0 aliphatic rings. The van der Waals surface area contributed by atoms with E-state index in [2.05, 4.69) is 0 Å². The number of hydrogen-bond donors (Lipinski definition) is 1. The van der Waals surface area contributed by atoms with E-state index in [9.17, 15) is 5.11 Å². The minimum atomic E-state index is 0.296. The molecule has 0 aliphatic carbocycles. The van der Waals surface area contributed by atoms with Gasteiger partial charge in [0.05, 0.1) is 17.0 Å². The topological polar surface area (TPSA) is 31.5 Å². The van der Waals surface area contributed by atoms with Gasteiger partial charge in [-0.05, 0) is 31.2 Å². The average molecular weight is 237 g/mol. The van der Waals surface area contributed by atoms with E-state index in [1.54, 1.807) is 6.07 Å². The van der Waals surface area contributed by atoms with Crippen molar-refractivity contribution in [2.75, 3.05) is 0 Å². The van der Waals surface area contributed by atoms with Crippen molar-refractivity contribution < 1.29 is 9.52 Å². The lowest BCUT2D eigenvalue weighted by Gasteiger charge is -1.97. The van der Waals surface area contributed by atoms with E-state index >= 15 is 0 Å². The summed E-state index contributed by atoms with van der Waals surface area (Å²) in [6.45, 7) is 1.86. The summed E-state index contributed by atoms with van der Waals surface area (Å²) in [5.74, 6) is 1.12. The van der Waals surface area contributed by atoms with Gasteiger partial charge >= 0.3 is 11.3 Å². The highest BCUT2D eigenvalue weighted by molar-refractivity contribution is 5.81. The Balaban J connectivity index is 2.20. The molecule has 18 heavy (non-hydrogen) atoms. The number of fused-ring (bicyclic) bond motifs is 1. The summed E-state index contributed by atoms with van der Waals surface area (Å²) >= 11 is 0. The van der Waals surface area contributed by atoms with Gasteiger partial charge in [-0.25, -0.2) is 4.42 Å². The van der Waals surface area contributed by atoms with Crippen molar-refractivity contribution in [1.29, 1.82) is 0 Å². The van der Waals surface area contributed by atoms with E-state index in [-0.39, 0.29) is 0 Å². The summed E-state index contributed by atoms with van der Waals surface area (Å²) in [5.41, 5.74) is 2.65. The van der Waals surface area contributed by atoms with E-state index < -0.39 is 0 Å². The van der Waals surface area contributed by atoms with Crippen molar-refractivity contribution in [1.82, 2.24) is 0 Å². The third-order valence-electron chi connectivity index (χ3n) is 3.02. The quantitative estimate of drug-likeness (QED) is 0.636. The smallest absolute Gasteiger partial charge is 0.361 e. The van der Waals surface area contributed by atoms with Crippen molar-refractivity contribution in [3.63, 3.8) is 0 Å². The Morgan fingerprint density at radius 3 is 2.50 bits per heavy atom. The van der Waals surface area contributed by atoms with E-state index in [1.807, 2.05) is 55.5 Å². The highest BCUT2D eigenvalue weighted by atomic mass is 16.3. The molecule has 0 saturated carbocycles. The highest BCUT2D eigenvalue weighted by Gasteiger charge is 2.15. The first-order chi connectivity index (χ1) is 8.74. The molecule has 0 aliphatic heterocycles. The maximum Gasteiger partial charge on any atom is 0.361 e. The van der Waals surface area contributed by atoms with E-state index in [1.165, 1.54) is 0 Å². The van der Waals surface area contributed by atoms with Crippen LogP contribution in [0.5, 0.6) is 5.75 Å². The fraction of sp³-hybridized carbons (Fsp3) is 0.0625. The number of phenolic OH excluding ortho intramolecular Hbond substituents is 1. The number of rotatable bonds is 1. The summed E-state index contributed by atoms with van der Waals surface area (Å²) in [5, 5.41) is 10.6. The fourth-order valence-electron chi connectivity index (χ4n) is 1.98. The predicted molar refractivity (Wildman–Crippen MR) is 72.5 cm³/mol. The van der Waals surface area contributed by atoms with Gasteiger partial charge in [0.25, 0.3) is 0 Å². The first-order valence-electron chi connectivity index (χ1n) is 5.86. The van der Waals surface area contributed by atoms with Gasteiger partial charge < -0.3 is 5.11 Å². The molecule has 0 fully saturated rings. The van der Waals surface area contributed by atoms with E-state index in [0.29, 0.717) is 5.75 Å². The third-order valence-corrected chi connectivity index (χ3v) is 3.02. The molecule has 0 saturated heterocycles. The lowest BCUT2D eigenvalue weighted by Crippen LogP contribution is -1.81. The Labute approximate surface area is 105 Å². The van der Waals surface area contributed by atoms with Gasteiger partial charge in [0, 0.05) is 11.6 Å².